The van der Waals surface area contributed by atoms with Crippen LogP contribution in [0.4, 0.5) is 10.5 Å². The molecular formula is C17H22N4O3. The minimum absolute atomic E-state index is 0.234. The summed E-state index contributed by atoms with van der Waals surface area (Å²) in [5, 5.41) is 23.0. The average Bonchev–Trinajstić information content (AvgIpc) is 3.10. The molecule has 1 aromatic carbocycles. The van der Waals surface area contributed by atoms with Crippen molar-refractivity contribution in [1.82, 2.24) is 15.5 Å². The maximum absolute atomic E-state index is 12.2. The number of hydrogen-bond donors (Lipinski definition) is 3. The largest absolute Gasteiger partial charge is 0.423 e. The third-order valence-corrected chi connectivity index (χ3v) is 4.40. The highest BCUT2D eigenvalue weighted by atomic mass is 16.4. The SMILES string of the molecule is Cc1ccc(-c2nnco2)cc1NC(=O)NCC1CCCC(O)C1. The van der Waals surface area contributed by atoms with E-state index in [0.29, 0.717) is 24.0 Å². The number of anilines is 1. The number of benzene rings is 1. The van der Waals surface area contributed by atoms with Crippen LogP contribution in [0, 0.1) is 12.8 Å². The number of amides is 2. The van der Waals surface area contributed by atoms with E-state index >= 15 is 0 Å². The number of aliphatic hydroxyl groups excluding tert-OH is 1. The number of hydrogen-bond acceptors (Lipinski definition) is 5. The van der Waals surface area contributed by atoms with Gasteiger partial charge in [0.2, 0.25) is 12.3 Å². The van der Waals surface area contributed by atoms with Crippen LogP contribution in [0.1, 0.15) is 31.2 Å². The lowest BCUT2D eigenvalue weighted by Gasteiger charge is -2.26. The monoisotopic (exact) mass is 330 g/mol. The first-order valence-corrected chi connectivity index (χ1v) is 8.22. The summed E-state index contributed by atoms with van der Waals surface area (Å²) in [6, 6.07) is 5.33. The van der Waals surface area contributed by atoms with Crippen LogP contribution in [0.2, 0.25) is 0 Å². The first-order valence-electron chi connectivity index (χ1n) is 8.22. The topological polar surface area (TPSA) is 100 Å². The first kappa shape index (κ1) is 16.4. The Morgan fingerprint density at radius 2 is 2.29 bits per heavy atom. The maximum Gasteiger partial charge on any atom is 0.319 e. The lowest BCUT2D eigenvalue weighted by atomic mass is 9.87. The van der Waals surface area contributed by atoms with Crippen molar-refractivity contribution in [3.05, 3.63) is 30.2 Å². The number of nitrogens with one attached hydrogen (secondary N) is 2. The molecule has 128 valence electrons. The van der Waals surface area contributed by atoms with Gasteiger partial charge in [-0.25, -0.2) is 4.79 Å². The number of carbonyl (C=O) groups excluding carboxylic acids is 1. The van der Waals surface area contributed by atoms with Gasteiger partial charge >= 0.3 is 6.03 Å². The molecule has 7 heteroatoms. The number of aromatic nitrogens is 2. The summed E-state index contributed by atoms with van der Waals surface area (Å²) in [5.41, 5.74) is 2.40. The van der Waals surface area contributed by atoms with Crippen LogP contribution in [-0.2, 0) is 0 Å². The van der Waals surface area contributed by atoms with E-state index in [1.165, 1.54) is 6.39 Å². The Labute approximate surface area is 140 Å². The normalized spacial score (nSPS) is 20.6. The van der Waals surface area contributed by atoms with Crippen LogP contribution in [0.25, 0.3) is 11.5 Å². The smallest absolute Gasteiger partial charge is 0.319 e. The zero-order valence-electron chi connectivity index (χ0n) is 13.7. The molecule has 0 radical (unpaired) electrons. The number of carbonyl (C=O) groups is 1. The summed E-state index contributed by atoms with van der Waals surface area (Å²) in [6.45, 7) is 2.50. The Kier molecular flexibility index (Phi) is 5.10. The second kappa shape index (κ2) is 7.44. The molecule has 24 heavy (non-hydrogen) atoms. The molecule has 3 rings (SSSR count). The summed E-state index contributed by atoms with van der Waals surface area (Å²) >= 11 is 0. The predicted molar refractivity (Wildman–Crippen MR) is 89.5 cm³/mol. The molecule has 1 saturated carbocycles. The van der Waals surface area contributed by atoms with Crippen molar-refractivity contribution in [3.8, 4) is 11.5 Å². The fourth-order valence-corrected chi connectivity index (χ4v) is 3.04. The molecule has 2 aromatic rings. The van der Waals surface area contributed by atoms with Gasteiger partial charge in [-0.15, -0.1) is 10.2 Å². The van der Waals surface area contributed by atoms with Crippen LogP contribution in [0.5, 0.6) is 0 Å². The molecule has 0 bridgehead atoms. The van der Waals surface area contributed by atoms with Crippen LogP contribution in [0.3, 0.4) is 0 Å². The van der Waals surface area contributed by atoms with E-state index in [1.807, 2.05) is 25.1 Å². The molecule has 1 fully saturated rings. The van der Waals surface area contributed by atoms with Crippen LogP contribution in [-0.4, -0.2) is 34.0 Å². The molecule has 3 N–H and O–H groups in total. The molecule has 0 aliphatic heterocycles. The van der Waals surface area contributed by atoms with E-state index < -0.39 is 0 Å². The van der Waals surface area contributed by atoms with Crippen molar-refractivity contribution in [2.45, 2.75) is 38.7 Å². The summed E-state index contributed by atoms with van der Waals surface area (Å²) in [6.07, 6.45) is 4.72. The van der Waals surface area contributed by atoms with Gasteiger partial charge in [0.25, 0.3) is 0 Å². The molecule has 1 heterocycles. The average molecular weight is 330 g/mol. The third kappa shape index (κ3) is 4.11. The molecular weight excluding hydrogens is 308 g/mol. The second-order valence-corrected chi connectivity index (χ2v) is 6.30. The lowest BCUT2D eigenvalue weighted by molar-refractivity contribution is 0.101. The van der Waals surface area contributed by atoms with Crippen LogP contribution >= 0.6 is 0 Å². The lowest BCUT2D eigenvalue weighted by Crippen LogP contribution is -2.35. The van der Waals surface area contributed by atoms with Gasteiger partial charge in [0.1, 0.15) is 0 Å². The fourth-order valence-electron chi connectivity index (χ4n) is 3.04. The minimum atomic E-state index is -0.249. The highest BCUT2D eigenvalue weighted by molar-refractivity contribution is 5.90. The number of aryl methyl sites for hydroxylation is 1. The number of nitrogens with zero attached hydrogens (tertiary/aromatic N) is 2. The van der Waals surface area contributed by atoms with Gasteiger partial charge in [0.05, 0.1) is 6.10 Å². The summed E-state index contributed by atoms with van der Waals surface area (Å²) in [4.78, 5) is 12.2. The quantitative estimate of drug-likeness (QED) is 0.800. The maximum atomic E-state index is 12.2. The Hall–Kier alpha value is -2.41. The van der Waals surface area contributed by atoms with Gasteiger partial charge in [-0.05, 0) is 49.8 Å². The Balaban J connectivity index is 1.58. The Morgan fingerprint density at radius 3 is 3.04 bits per heavy atom. The third-order valence-electron chi connectivity index (χ3n) is 4.40. The minimum Gasteiger partial charge on any atom is -0.423 e. The molecule has 2 atom stereocenters. The fraction of sp³-hybridized carbons (Fsp3) is 0.471. The number of aliphatic hydroxyl groups is 1. The van der Waals surface area contributed by atoms with Crippen LogP contribution in [0.15, 0.2) is 29.0 Å². The van der Waals surface area contributed by atoms with Gasteiger partial charge in [0.15, 0.2) is 0 Å². The van der Waals surface area contributed by atoms with Gasteiger partial charge in [-0.2, -0.15) is 0 Å². The second-order valence-electron chi connectivity index (χ2n) is 6.30. The molecule has 2 amide bonds. The summed E-state index contributed by atoms with van der Waals surface area (Å²) in [5.74, 6) is 0.750. The first-order chi connectivity index (χ1) is 11.6. The highest BCUT2D eigenvalue weighted by Crippen LogP contribution is 2.25. The van der Waals surface area contributed by atoms with E-state index in [9.17, 15) is 9.90 Å². The Morgan fingerprint density at radius 1 is 1.42 bits per heavy atom. The summed E-state index contributed by atoms with van der Waals surface area (Å²) in [7, 11) is 0. The molecule has 1 aromatic heterocycles. The van der Waals surface area contributed by atoms with Crippen molar-refractivity contribution >= 4 is 11.7 Å². The van der Waals surface area contributed by atoms with Gasteiger partial charge in [-0.1, -0.05) is 12.5 Å². The van der Waals surface area contributed by atoms with E-state index in [4.69, 9.17) is 4.42 Å². The van der Waals surface area contributed by atoms with Crippen LogP contribution < -0.4 is 10.6 Å². The zero-order valence-corrected chi connectivity index (χ0v) is 13.7. The van der Waals surface area contributed by atoms with Crippen molar-refractivity contribution in [2.75, 3.05) is 11.9 Å². The molecule has 0 saturated heterocycles. The van der Waals surface area contributed by atoms with Crippen molar-refractivity contribution in [3.63, 3.8) is 0 Å². The standard InChI is InChI=1S/C17H22N4O3/c1-11-5-6-13(16-21-19-10-24-16)8-15(11)20-17(23)18-9-12-3-2-4-14(22)7-12/h5-6,8,10,12,14,22H,2-4,7,9H2,1H3,(H2,18,20,23). The number of rotatable bonds is 4. The van der Waals surface area contributed by atoms with E-state index in [-0.39, 0.29) is 12.1 Å². The molecule has 1 aliphatic carbocycles. The Bertz CT molecular complexity index is 687. The molecule has 1 aliphatic rings. The molecule has 0 spiro atoms. The molecule has 2 unspecified atom stereocenters. The van der Waals surface area contributed by atoms with Gasteiger partial charge in [0, 0.05) is 17.8 Å². The zero-order chi connectivity index (χ0) is 16.9. The van der Waals surface area contributed by atoms with Crippen molar-refractivity contribution in [1.29, 1.82) is 0 Å². The number of urea groups is 1. The predicted octanol–water partition coefficient (Wildman–Crippen LogP) is 2.72. The van der Waals surface area contributed by atoms with E-state index in [0.717, 1.165) is 36.8 Å². The van der Waals surface area contributed by atoms with Gasteiger partial charge in [-0.3, -0.25) is 0 Å². The van der Waals surface area contributed by atoms with Gasteiger partial charge < -0.3 is 20.2 Å². The van der Waals surface area contributed by atoms with Crippen molar-refractivity contribution < 1.29 is 14.3 Å². The highest BCUT2D eigenvalue weighted by Gasteiger charge is 2.20. The molecule has 7 nitrogen and oxygen atoms in total. The van der Waals surface area contributed by atoms with E-state index in [1.54, 1.807) is 0 Å². The summed E-state index contributed by atoms with van der Waals surface area (Å²) < 4.78 is 5.18. The van der Waals surface area contributed by atoms with E-state index in [2.05, 4.69) is 20.8 Å². The van der Waals surface area contributed by atoms with Crippen molar-refractivity contribution in [2.24, 2.45) is 5.92 Å².